The van der Waals surface area contributed by atoms with E-state index in [-0.39, 0.29) is 0 Å². The van der Waals surface area contributed by atoms with Crippen LogP contribution in [0, 0.1) is 6.92 Å². The fourth-order valence-electron chi connectivity index (χ4n) is 1.47. The molecule has 0 saturated carbocycles. The van der Waals surface area contributed by atoms with Gasteiger partial charge >= 0.3 is 0 Å². The molecule has 0 unspecified atom stereocenters. The molecule has 0 saturated heterocycles. The SMILES string of the molecule is Cc1ccccc1/[C]=N\OCc1ccc(Cl)cc1. The van der Waals surface area contributed by atoms with Gasteiger partial charge in [-0.2, -0.15) is 0 Å². The highest BCUT2D eigenvalue weighted by atomic mass is 35.5. The molecule has 0 aliphatic rings. The Kier molecular flexibility index (Phi) is 4.37. The maximum atomic E-state index is 5.79. The van der Waals surface area contributed by atoms with Gasteiger partial charge < -0.3 is 4.84 Å². The zero-order valence-corrected chi connectivity index (χ0v) is 10.8. The Bertz CT molecular complexity index is 534. The summed E-state index contributed by atoms with van der Waals surface area (Å²) in [5, 5.41) is 4.55. The first-order valence-corrected chi connectivity index (χ1v) is 6.01. The average molecular weight is 259 g/mol. The highest BCUT2D eigenvalue weighted by Crippen LogP contribution is 2.10. The van der Waals surface area contributed by atoms with E-state index in [2.05, 4.69) is 11.4 Å². The molecule has 3 heteroatoms. The molecule has 0 N–H and O–H groups in total. The number of aryl methyl sites for hydroxylation is 1. The summed E-state index contributed by atoms with van der Waals surface area (Å²) >= 11 is 5.79. The van der Waals surface area contributed by atoms with E-state index < -0.39 is 0 Å². The molecule has 2 nitrogen and oxygen atoms in total. The molecule has 0 fully saturated rings. The summed E-state index contributed by atoms with van der Waals surface area (Å²) in [6, 6.07) is 15.4. The maximum Gasteiger partial charge on any atom is 0.142 e. The third kappa shape index (κ3) is 3.60. The summed E-state index contributed by atoms with van der Waals surface area (Å²) in [4.78, 5) is 5.19. The van der Waals surface area contributed by atoms with Crippen LogP contribution in [0.25, 0.3) is 0 Å². The Labute approximate surface area is 112 Å². The molecule has 2 rings (SSSR count). The van der Waals surface area contributed by atoms with E-state index in [1.807, 2.05) is 55.5 Å². The van der Waals surface area contributed by atoms with Crippen LogP contribution in [0.4, 0.5) is 0 Å². The van der Waals surface area contributed by atoms with Gasteiger partial charge in [-0.25, -0.2) is 0 Å². The van der Waals surface area contributed by atoms with Crippen molar-refractivity contribution in [1.29, 1.82) is 0 Å². The van der Waals surface area contributed by atoms with Crippen LogP contribution in [0.15, 0.2) is 53.7 Å². The van der Waals surface area contributed by atoms with Crippen molar-refractivity contribution in [2.24, 2.45) is 5.16 Å². The largest absolute Gasteiger partial charge is 0.390 e. The predicted octanol–water partition coefficient (Wildman–Crippen LogP) is 4.08. The molecule has 2 aromatic carbocycles. The molecule has 0 bridgehead atoms. The highest BCUT2D eigenvalue weighted by molar-refractivity contribution is 6.30. The molecule has 0 heterocycles. The van der Waals surface area contributed by atoms with Gasteiger partial charge in [0.1, 0.15) is 12.8 Å². The van der Waals surface area contributed by atoms with Crippen LogP contribution in [0.1, 0.15) is 16.7 Å². The van der Waals surface area contributed by atoms with Crippen LogP contribution in [0.3, 0.4) is 0 Å². The fraction of sp³-hybridized carbons (Fsp3) is 0.133. The van der Waals surface area contributed by atoms with Crippen molar-refractivity contribution < 1.29 is 4.84 Å². The van der Waals surface area contributed by atoms with E-state index in [1.165, 1.54) is 0 Å². The zero-order chi connectivity index (χ0) is 12.8. The molecular weight excluding hydrogens is 246 g/mol. The van der Waals surface area contributed by atoms with E-state index in [9.17, 15) is 0 Å². The number of nitrogens with zero attached hydrogens (tertiary/aromatic N) is 1. The first kappa shape index (κ1) is 12.7. The van der Waals surface area contributed by atoms with Crippen LogP contribution in [0.2, 0.25) is 5.02 Å². The molecule has 0 aliphatic carbocycles. The van der Waals surface area contributed by atoms with Crippen molar-refractivity contribution in [3.8, 4) is 0 Å². The number of benzene rings is 2. The first-order valence-electron chi connectivity index (χ1n) is 5.64. The van der Waals surface area contributed by atoms with Crippen LogP contribution in [-0.4, -0.2) is 6.21 Å². The number of hydrogen-bond acceptors (Lipinski definition) is 2. The minimum atomic E-state index is 0.413. The fourth-order valence-corrected chi connectivity index (χ4v) is 1.59. The summed E-state index contributed by atoms with van der Waals surface area (Å²) in [6.07, 6.45) is 2.87. The Morgan fingerprint density at radius 2 is 1.83 bits per heavy atom. The lowest BCUT2D eigenvalue weighted by Gasteiger charge is -2.00. The standard InChI is InChI=1S/C15H13ClNO/c1-12-4-2-3-5-14(12)10-17-18-11-13-6-8-15(16)9-7-13/h2-9H,11H2,1H3. The highest BCUT2D eigenvalue weighted by Gasteiger charge is 1.95. The van der Waals surface area contributed by atoms with Gasteiger partial charge in [-0.1, -0.05) is 53.2 Å². The third-order valence-electron chi connectivity index (χ3n) is 2.52. The van der Waals surface area contributed by atoms with Gasteiger partial charge in [0.05, 0.1) is 0 Å². The lowest BCUT2D eigenvalue weighted by atomic mass is 10.1. The number of halogens is 1. The molecule has 0 spiro atoms. The minimum Gasteiger partial charge on any atom is -0.390 e. The Morgan fingerprint density at radius 3 is 2.56 bits per heavy atom. The van der Waals surface area contributed by atoms with Crippen molar-refractivity contribution >= 4 is 17.8 Å². The molecule has 18 heavy (non-hydrogen) atoms. The summed E-state index contributed by atoms with van der Waals surface area (Å²) < 4.78 is 0. The van der Waals surface area contributed by atoms with Gasteiger partial charge in [0.2, 0.25) is 0 Å². The Balaban J connectivity index is 1.89. The normalized spacial score (nSPS) is 10.8. The summed E-state index contributed by atoms with van der Waals surface area (Å²) in [5.41, 5.74) is 3.08. The minimum absolute atomic E-state index is 0.413. The van der Waals surface area contributed by atoms with Crippen molar-refractivity contribution in [1.82, 2.24) is 0 Å². The molecule has 1 radical (unpaired) electrons. The zero-order valence-electron chi connectivity index (χ0n) is 10.1. The average Bonchev–Trinajstić information content (AvgIpc) is 2.39. The summed E-state index contributed by atoms with van der Waals surface area (Å²) in [5.74, 6) is 0. The quantitative estimate of drug-likeness (QED) is 0.598. The van der Waals surface area contributed by atoms with E-state index in [0.717, 1.165) is 16.7 Å². The van der Waals surface area contributed by atoms with Crippen molar-refractivity contribution in [2.45, 2.75) is 13.5 Å². The molecule has 0 atom stereocenters. The van der Waals surface area contributed by atoms with Gasteiger partial charge in [-0.15, -0.1) is 0 Å². The second-order valence-electron chi connectivity index (χ2n) is 3.92. The van der Waals surface area contributed by atoms with E-state index in [0.29, 0.717) is 11.6 Å². The number of rotatable bonds is 4. The van der Waals surface area contributed by atoms with Crippen LogP contribution in [0.5, 0.6) is 0 Å². The van der Waals surface area contributed by atoms with Crippen LogP contribution >= 0.6 is 11.6 Å². The monoisotopic (exact) mass is 258 g/mol. The summed E-state index contributed by atoms with van der Waals surface area (Å²) in [7, 11) is 0. The van der Waals surface area contributed by atoms with Gasteiger partial charge in [0.15, 0.2) is 0 Å². The van der Waals surface area contributed by atoms with Gasteiger partial charge in [-0.3, -0.25) is 0 Å². The van der Waals surface area contributed by atoms with E-state index in [1.54, 1.807) is 0 Å². The van der Waals surface area contributed by atoms with E-state index in [4.69, 9.17) is 16.4 Å². The smallest absolute Gasteiger partial charge is 0.142 e. The molecule has 0 aromatic heterocycles. The topological polar surface area (TPSA) is 21.6 Å². The lowest BCUT2D eigenvalue weighted by Crippen LogP contribution is -1.89. The van der Waals surface area contributed by atoms with Gasteiger partial charge in [0.25, 0.3) is 0 Å². The van der Waals surface area contributed by atoms with Crippen molar-refractivity contribution in [3.63, 3.8) is 0 Å². The van der Waals surface area contributed by atoms with Gasteiger partial charge in [-0.05, 0) is 30.2 Å². The van der Waals surface area contributed by atoms with Crippen LogP contribution < -0.4 is 0 Å². The van der Waals surface area contributed by atoms with Gasteiger partial charge in [0, 0.05) is 10.6 Å². The summed E-state index contributed by atoms with van der Waals surface area (Å²) in [6.45, 7) is 2.42. The lowest BCUT2D eigenvalue weighted by molar-refractivity contribution is 0.132. The molecular formula is C15H13ClNO. The molecule has 0 amide bonds. The number of hydrogen-bond donors (Lipinski definition) is 0. The first-order chi connectivity index (χ1) is 8.75. The van der Waals surface area contributed by atoms with Crippen molar-refractivity contribution in [3.05, 3.63) is 70.2 Å². The van der Waals surface area contributed by atoms with E-state index >= 15 is 0 Å². The molecule has 91 valence electrons. The second kappa shape index (κ2) is 6.22. The second-order valence-corrected chi connectivity index (χ2v) is 4.35. The molecule has 2 aromatic rings. The predicted molar refractivity (Wildman–Crippen MR) is 74.0 cm³/mol. The van der Waals surface area contributed by atoms with Crippen LogP contribution in [-0.2, 0) is 11.4 Å². The molecule has 0 aliphatic heterocycles. The Morgan fingerprint density at radius 1 is 1.11 bits per heavy atom. The Hall–Kier alpha value is -1.80. The third-order valence-corrected chi connectivity index (χ3v) is 2.77. The van der Waals surface area contributed by atoms with Crippen molar-refractivity contribution in [2.75, 3.05) is 0 Å². The maximum absolute atomic E-state index is 5.79.